The van der Waals surface area contributed by atoms with Gasteiger partial charge in [0.2, 0.25) is 0 Å². The molecule has 2 aromatic carbocycles. The van der Waals surface area contributed by atoms with Crippen molar-refractivity contribution >= 4 is 44.8 Å². The summed E-state index contributed by atoms with van der Waals surface area (Å²) in [7, 11) is -3.09. The van der Waals surface area contributed by atoms with Crippen LogP contribution in [0.2, 0.25) is 0 Å². The van der Waals surface area contributed by atoms with Gasteiger partial charge in [-0.2, -0.15) is 0 Å². The first-order valence-electron chi connectivity index (χ1n) is 11.4. The molecule has 8 nitrogen and oxygen atoms in total. The largest absolute Gasteiger partial charge is 0.302 e. The maximum absolute atomic E-state index is 13.2. The van der Waals surface area contributed by atoms with Crippen molar-refractivity contribution in [2.45, 2.75) is 31.3 Å². The number of carbonyl (C=O) groups excluding carboxylic acids is 1. The predicted octanol–water partition coefficient (Wildman–Crippen LogP) is 4.93. The molecule has 0 unspecified atom stereocenters. The van der Waals surface area contributed by atoms with E-state index in [9.17, 15) is 17.6 Å². The Morgan fingerprint density at radius 3 is 2.38 bits per heavy atom. The van der Waals surface area contributed by atoms with Crippen LogP contribution in [0.15, 0.2) is 59.8 Å². The van der Waals surface area contributed by atoms with Crippen LogP contribution in [0, 0.1) is 5.82 Å². The lowest BCUT2D eigenvalue weighted by Crippen LogP contribution is -2.06. The topological polar surface area (TPSA) is 108 Å². The molecular weight excluding hydrogens is 534 g/mol. The second-order valence-electron chi connectivity index (χ2n) is 7.96. The van der Waals surface area contributed by atoms with E-state index in [0.29, 0.717) is 27.5 Å². The molecule has 0 amide bonds. The first-order chi connectivity index (χ1) is 17.8. The SMILES string of the molecule is CCn1c(SCC(=O)/C=C/c2nnc(-c3ccc(CS(=O)(=O)CC)cc3)s2)nnc1-c1ccc(F)cc1. The molecule has 2 heterocycles. The van der Waals surface area contributed by atoms with Gasteiger partial charge >= 0.3 is 0 Å². The number of nitrogens with zero attached hydrogens (tertiary/aromatic N) is 5. The maximum Gasteiger partial charge on any atom is 0.191 e. The number of ketones is 1. The lowest BCUT2D eigenvalue weighted by molar-refractivity contribution is -0.112. The molecule has 0 aliphatic rings. The Hall–Kier alpha value is -3.22. The number of hydrogen-bond acceptors (Lipinski definition) is 9. The van der Waals surface area contributed by atoms with Gasteiger partial charge in [-0.3, -0.25) is 4.79 Å². The zero-order valence-corrected chi connectivity index (χ0v) is 22.6. The summed E-state index contributed by atoms with van der Waals surface area (Å²) < 4.78 is 38.7. The zero-order valence-electron chi connectivity index (χ0n) is 20.2. The Balaban J connectivity index is 1.36. The number of sulfone groups is 1. The van der Waals surface area contributed by atoms with E-state index >= 15 is 0 Å². The van der Waals surface area contributed by atoms with Crippen LogP contribution in [-0.4, -0.2) is 50.7 Å². The number of carbonyl (C=O) groups is 1. The van der Waals surface area contributed by atoms with Crippen molar-refractivity contribution < 1.29 is 17.6 Å². The summed E-state index contributed by atoms with van der Waals surface area (Å²) in [4.78, 5) is 12.5. The summed E-state index contributed by atoms with van der Waals surface area (Å²) in [5.41, 5.74) is 2.30. The third-order valence-corrected chi connectivity index (χ3v) is 8.94. The smallest absolute Gasteiger partial charge is 0.191 e. The molecular formula is C25H24FN5O3S3. The van der Waals surface area contributed by atoms with Crippen LogP contribution in [0.25, 0.3) is 28.0 Å². The van der Waals surface area contributed by atoms with Gasteiger partial charge in [-0.25, -0.2) is 12.8 Å². The van der Waals surface area contributed by atoms with E-state index in [1.165, 1.54) is 41.3 Å². The Labute approximate surface area is 222 Å². The predicted molar refractivity (Wildman–Crippen MR) is 144 cm³/mol. The monoisotopic (exact) mass is 557 g/mol. The summed E-state index contributed by atoms with van der Waals surface area (Å²) in [5, 5.41) is 18.6. The second kappa shape index (κ2) is 11.9. The number of aromatic nitrogens is 5. The van der Waals surface area contributed by atoms with Gasteiger partial charge in [-0.15, -0.1) is 20.4 Å². The standard InChI is InChI=1S/C25H24FN5O3S3/c1-3-31-23(18-9-11-20(26)12-10-18)28-30-25(31)35-15-21(32)13-14-22-27-29-24(36-22)19-7-5-17(6-8-19)16-37(33,34)4-2/h5-14H,3-4,15-16H2,1-2H3/b14-13+. The molecule has 12 heteroatoms. The number of hydrogen-bond donors (Lipinski definition) is 0. The van der Waals surface area contributed by atoms with E-state index in [-0.39, 0.29) is 28.9 Å². The lowest BCUT2D eigenvalue weighted by atomic mass is 10.2. The minimum Gasteiger partial charge on any atom is -0.302 e. The molecule has 4 rings (SSSR count). The van der Waals surface area contributed by atoms with Crippen molar-refractivity contribution in [1.29, 1.82) is 0 Å². The van der Waals surface area contributed by atoms with Gasteiger partial charge in [-0.1, -0.05) is 54.3 Å². The lowest BCUT2D eigenvalue weighted by Gasteiger charge is -2.06. The van der Waals surface area contributed by atoms with Crippen molar-refractivity contribution in [3.05, 3.63) is 71.0 Å². The van der Waals surface area contributed by atoms with Crippen LogP contribution in [0.1, 0.15) is 24.4 Å². The second-order valence-corrected chi connectivity index (χ2v) is 12.3. The molecule has 0 radical (unpaired) electrons. The Morgan fingerprint density at radius 2 is 1.70 bits per heavy atom. The van der Waals surface area contributed by atoms with Crippen LogP contribution in [-0.2, 0) is 26.9 Å². The van der Waals surface area contributed by atoms with Gasteiger partial charge < -0.3 is 4.57 Å². The fourth-order valence-corrected chi connectivity index (χ4v) is 5.85. The van der Waals surface area contributed by atoms with Gasteiger partial charge in [-0.05, 0) is 48.9 Å². The van der Waals surface area contributed by atoms with Gasteiger partial charge in [0, 0.05) is 23.4 Å². The maximum atomic E-state index is 13.2. The third-order valence-electron chi connectivity index (χ3n) is 5.36. The molecule has 0 aliphatic heterocycles. The van der Waals surface area contributed by atoms with Crippen molar-refractivity contribution in [1.82, 2.24) is 25.0 Å². The normalized spacial score (nSPS) is 11.9. The highest BCUT2D eigenvalue weighted by atomic mass is 32.2. The van der Waals surface area contributed by atoms with E-state index < -0.39 is 9.84 Å². The van der Waals surface area contributed by atoms with E-state index in [1.54, 1.807) is 37.3 Å². The van der Waals surface area contributed by atoms with Gasteiger partial charge in [0.05, 0.1) is 11.5 Å². The fraction of sp³-hybridized carbons (Fsp3) is 0.240. The average Bonchev–Trinajstić information content (AvgIpc) is 3.54. The summed E-state index contributed by atoms with van der Waals surface area (Å²) in [6.07, 6.45) is 3.09. The Bertz CT molecular complexity index is 1510. The van der Waals surface area contributed by atoms with Crippen LogP contribution in [0.4, 0.5) is 4.39 Å². The Morgan fingerprint density at radius 1 is 1.00 bits per heavy atom. The van der Waals surface area contributed by atoms with Gasteiger partial charge in [0.1, 0.15) is 15.8 Å². The Kier molecular flexibility index (Phi) is 8.62. The van der Waals surface area contributed by atoms with Crippen molar-refractivity contribution in [2.24, 2.45) is 0 Å². The molecule has 4 aromatic rings. The summed E-state index contributed by atoms with van der Waals surface area (Å²) >= 11 is 2.62. The molecule has 0 atom stereocenters. The molecule has 0 bridgehead atoms. The van der Waals surface area contributed by atoms with Crippen LogP contribution < -0.4 is 0 Å². The van der Waals surface area contributed by atoms with Crippen molar-refractivity contribution in [2.75, 3.05) is 11.5 Å². The minimum atomic E-state index is -3.09. The molecule has 0 N–H and O–H groups in total. The molecule has 37 heavy (non-hydrogen) atoms. The first-order valence-corrected chi connectivity index (χ1v) is 15.1. The highest BCUT2D eigenvalue weighted by molar-refractivity contribution is 7.99. The quantitative estimate of drug-likeness (QED) is 0.189. The van der Waals surface area contributed by atoms with Gasteiger partial charge in [0.15, 0.2) is 26.6 Å². The molecule has 0 spiro atoms. The molecule has 0 aliphatic carbocycles. The summed E-state index contributed by atoms with van der Waals surface area (Å²) in [6.45, 7) is 4.19. The number of rotatable bonds is 11. The summed E-state index contributed by atoms with van der Waals surface area (Å²) in [6, 6.07) is 13.2. The molecule has 0 fully saturated rings. The number of thioether (sulfide) groups is 1. The third kappa shape index (κ3) is 6.96. The number of benzene rings is 2. The van der Waals surface area contributed by atoms with Crippen LogP contribution >= 0.6 is 23.1 Å². The highest BCUT2D eigenvalue weighted by Crippen LogP contribution is 2.26. The minimum absolute atomic E-state index is 0.0100. The van der Waals surface area contributed by atoms with Gasteiger partial charge in [0.25, 0.3) is 0 Å². The highest BCUT2D eigenvalue weighted by Gasteiger charge is 2.15. The molecule has 0 saturated heterocycles. The van der Waals surface area contributed by atoms with E-state index in [0.717, 1.165) is 16.7 Å². The average molecular weight is 558 g/mol. The zero-order chi connectivity index (χ0) is 26.4. The fourth-order valence-electron chi connectivity index (χ4n) is 3.36. The van der Waals surface area contributed by atoms with Crippen LogP contribution in [0.5, 0.6) is 0 Å². The van der Waals surface area contributed by atoms with Crippen molar-refractivity contribution in [3.8, 4) is 22.0 Å². The van der Waals surface area contributed by atoms with E-state index in [4.69, 9.17) is 0 Å². The van der Waals surface area contributed by atoms with E-state index in [1.807, 2.05) is 23.6 Å². The first kappa shape index (κ1) is 26.8. The summed E-state index contributed by atoms with van der Waals surface area (Å²) in [5.74, 6) is 0.473. The molecule has 0 saturated carbocycles. The molecule has 192 valence electrons. The number of allylic oxidation sites excluding steroid dienone is 1. The number of halogens is 1. The van der Waals surface area contributed by atoms with E-state index in [2.05, 4.69) is 20.4 Å². The van der Waals surface area contributed by atoms with Crippen molar-refractivity contribution in [3.63, 3.8) is 0 Å². The molecule has 2 aromatic heterocycles. The van der Waals surface area contributed by atoms with Crippen LogP contribution in [0.3, 0.4) is 0 Å².